The molecule has 2 aliphatic heterocycles. The number of ether oxygens (including phenoxy) is 1. The second-order valence-electron chi connectivity index (χ2n) is 7.45. The highest BCUT2D eigenvalue weighted by molar-refractivity contribution is 7.88. The van der Waals surface area contributed by atoms with Crippen molar-refractivity contribution in [2.45, 2.75) is 25.0 Å². The van der Waals surface area contributed by atoms with Crippen molar-refractivity contribution in [2.24, 2.45) is 0 Å². The fourth-order valence-corrected chi connectivity index (χ4v) is 4.70. The van der Waals surface area contributed by atoms with E-state index in [0.717, 1.165) is 11.3 Å². The third kappa shape index (κ3) is 3.74. The van der Waals surface area contributed by atoms with Crippen LogP contribution in [0.1, 0.15) is 28.8 Å². The molecule has 2 aliphatic rings. The molecule has 3 heterocycles. The maximum absolute atomic E-state index is 12.7. The number of hydrogen-bond acceptors (Lipinski definition) is 5. The van der Waals surface area contributed by atoms with Crippen molar-refractivity contribution in [3.8, 4) is 5.75 Å². The molecule has 0 unspecified atom stereocenters. The van der Waals surface area contributed by atoms with Crippen LogP contribution in [0, 0.1) is 0 Å². The molecular formula is C20H23N3O4S. The number of sulfonamides is 1. The smallest absolute Gasteiger partial charge is 0.253 e. The van der Waals surface area contributed by atoms with Gasteiger partial charge in [-0.05, 0) is 18.2 Å². The van der Waals surface area contributed by atoms with Crippen molar-refractivity contribution in [3.63, 3.8) is 0 Å². The van der Waals surface area contributed by atoms with Gasteiger partial charge in [0.15, 0.2) is 0 Å². The highest BCUT2D eigenvalue weighted by Crippen LogP contribution is 2.36. The molecule has 1 saturated heterocycles. The molecule has 0 atom stereocenters. The van der Waals surface area contributed by atoms with Crippen LogP contribution in [0.2, 0.25) is 0 Å². The van der Waals surface area contributed by atoms with Crippen molar-refractivity contribution in [3.05, 3.63) is 59.9 Å². The van der Waals surface area contributed by atoms with Crippen molar-refractivity contribution in [1.29, 1.82) is 0 Å². The Labute approximate surface area is 165 Å². The number of para-hydroxylation sites is 1. The lowest BCUT2D eigenvalue weighted by atomic mass is 9.90. The molecule has 8 heteroatoms. The Hall–Kier alpha value is -2.45. The van der Waals surface area contributed by atoms with Gasteiger partial charge in [-0.15, -0.1) is 0 Å². The Balaban J connectivity index is 1.57. The first kappa shape index (κ1) is 18.9. The summed E-state index contributed by atoms with van der Waals surface area (Å²) >= 11 is 0. The molecule has 4 rings (SSSR count). The van der Waals surface area contributed by atoms with Crippen LogP contribution in [0.25, 0.3) is 0 Å². The number of fused-ring (bicyclic) bond motifs is 1. The summed E-state index contributed by atoms with van der Waals surface area (Å²) in [6, 6.07) is 11.0. The van der Waals surface area contributed by atoms with Gasteiger partial charge >= 0.3 is 0 Å². The van der Waals surface area contributed by atoms with Crippen LogP contribution in [0.3, 0.4) is 0 Å². The lowest BCUT2D eigenvalue weighted by molar-refractivity contribution is -0.00249. The zero-order valence-electron chi connectivity index (χ0n) is 15.7. The molecule has 148 valence electrons. The number of likely N-dealkylation sites (tertiary alicyclic amines) is 1. The van der Waals surface area contributed by atoms with Gasteiger partial charge in [0, 0.05) is 56.0 Å². The molecule has 1 spiro atoms. The maximum Gasteiger partial charge on any atom is 0.253 e. The summed E-state index contributed by atoms with van der Waals surface area (Å²) in [5.41, 5.74) is 0.834. The van der Waals surface area contributed by atoms with Crippen LogP contribution in [0.4, 0.5) is 0 Å². The minimum Gasteiger partial charge on any atom is -0.485 e. The molecule has 0 radical (unpaired) electrons. The first-order valence-corrected chi connectivity index (χ1v) is 11.1. The predicted octanol–water partition coefficient (Wildman–Crippen LogP) is 1.91. The SMILES string of the molecule is CS(=O)(=O)N1Cc2ccccc2OC2(CCN(C(=O)c3ccncc3)CC2)C1. The number of piperidine rings is 1. The number of aromatic nitrogens is 1. The number of carbonyl (C=O) groups is 1. The Bertz CT molecular complexity index is 970. The van der Waals surface area contributed by atoms with Crippen molar-refractivity contribution in [1.82, 2.24) is 14.2 Å². The summed E-state index contributed by atoms with van der Waals surface area (Å²) in [4.78, 5) is 18.5. The molecule has 2 aromatic rings. The zero-order valence-corrected chi connectivity index (χ0v) is 16.6. The van der Waals surface area contributed by atoms with E-state index in [1.165, 1.54) is 10.6 Å². The van der Waals surface area contributed by atoms with Gasteiger partial charge in [-0.1, -0.05) is 18.2 Å². The third-order valence-corrected chi connectivity index (χ3v) is 6.66. The van der Waals surface area contributed by atoms with E-state index >= 15 is 0 Å². The van der Waals surface area contributed by atoms with Crippen LogP contribution < -0.4 is 4.74 Å². The van der Waals surface area contributed by atoms with Crippen molar-refractivity contribution >= 4 is 15.9 Å². The molecule has 1 amide bonds. The van der Waals surface area contributed by atoms with Gasteiger partial charge in [0.25, 0.3) is 5.91 Å². The van der Waals surface area contributed by atoms with Gasteiger partial charge in [-0.25, -0.2) is 8.42 Å². The molecule has 1 aromatic heterocycles. The number of benzene rings is 1. The summed E-state index contributed by atoms with van der Waals surface area (Å²) in [7, 11) is -3.37. The van der Waals surface area contributed by atoms with Gasteiger partial charge in [0.05, 0.1) is 12.8 Å². The molecule has 28 heavy (non-hydrogen) atoms. The summed E-state index contributed by atoms with van der Waals surface area (Å²) in [5, 5.41) is 0. The van der Waals surface area contributed by atoms with Crippen LogP contribution >= 0.6 is 0 Å². The highest BCUT2D eigenvalue weighted by atomic mass is 32.2. The monoisotopic (exact) mass is 401 g/mol. The Morgan fingerprint density at radius 2 is 1.79 bits per heavy atom. The van der Waals surface area contributed by atoms with E-state index in [1.807, 2.05) is 24.3 Å². The summed E-state index contributed by atoms with van der Waals surface area (Å²) in [6.07, 6.45) is 5.59. The Morgan fingerprint density at radius 3 is 2.46 bits per heavy atom. The fraction of sp³-hybridized carbons (Fsp3) is 0.400. The number of pyridine rings is 1. The molecule has 0 saturated carbocycles. The van der Waals surface area contributed by atoms with Crippen molar-refractivity contribution < 1.29 is 17.9 Å². The van der Waals surface area contributed by atoms with Crippen molar-refractivity contribution in [2.75, 3.05) is 25.9 Å². The van der Waals surface area contributed by atoms with Gasteiger partial charge in [-0.3, -0.25) is 9.78 Å². The topological polar surface area (TPSA) is 79.8 Å². The molecule has 0 N–H and O–H groups in total. The van der Waals surface area contributed by atoms with Gasteiger partial charge in [0.1, 0.15) is 11.4 Å². The largest absolute Gasteiger partial charge is 0.485 e. The van der Waals surface area contributed by atoms with E-state index in [-0.39, 0.29) is 12.5 Å². The van der Waals surface area contributed by atoms with Crippen LogP contribution in [-0.2, 0) is 16.6 Å². The maximum atomic E-state index is 12.7. The van der Waals surface area contributed by atoms with E-state index in [4.69, 9.17) is 4.74 Å². The second kappa shape index (κ2) is 7.18. The third-order valence-electron chi connectivity index (χ3n) is 5.47. The number of rotatable bonds is 2. The number of hydrogen-bond donors (Lipinski definition) is 0. The number of carbonyl (C=O) groups excluding carboxylic acids is 1. The fourth-order valence-electron chi connectivity index (χ4n) is 3.86. The van der Waals surface area contributed by atoms with Gasteiger partial charge in [-0.2, -0.15) is 4.31 Å². The van der Waals surface area contributed by atoms with E-state index in [9.17, 15) is 13.2 Å². The summed E-state index contributed by atoms with van der Waals surface area (Å²) < 4.78 is 32.5. The minimum absolute atomic E-state index is 0.0359. The van der Waals surface area contributed by atoms with E-state index in [1.54, 1.807) is 29.4 Å². The average Bonchev–Trinajstić information content (AvgIpc) is 2.85. The van der Waals surface area contributed by atoms with E-state index < -0.39 is 15.6 Å². The van der Waals surface area contributed by atoms with Gasteiger partial charge < -0.3 is 9.64 Å². The molecule has 0 aliphatic carbocycles. The predicted molar refractivity (Wildman–Crippen MR) is 104 cm³/mol. The number of amides is 1. The first-order chi connectivity index (χ1) is 13.4. The molecular weight excluding hydrogens is 378 g/mol. The molecule has 1 aromatic carbocycles. The summed E-state index contributed by atoms with van der Waals surface area (Å²) in [6.45, 7) is 1.62. The standard InChI is InChI=1S/C20H23N3O4S/c1-28(25,26)23-14-17-4-2-3-5-18(17)27-20(15-23)8-12-22(13-9-20)19(24)16-6-10-21-11-7-16/h2-7,10-11H,8-9,12-15H2,1H3. The second-order valence-corrected chi connectivity index (χ2v) is 9.43. The van der Waals surface area contributed by atoms with Crippen LogP contribution in [-0.4, -0.2) is 60.0 Å². The quantitative estimate of drug-likeness (QED) is 0.768. The summed E-state index contributed by atoms with van der Waals surface area (Å²) in [5.74, 6) is 0.689. The van der Waals surface area contributed by atoms with E-state index in [2.05, 4.69) is 4.98 Å². The lowest BCUT2D eigenvalue weighted by Crippen LogP contribution is -2.55. The Kier molecular flexibility index (Phi) is 4.84. The van der Waals surface area contributed by atoms with E-state index in [0.29, 0.717) is 38.0 Å². The molecule has 7 nitrogen and oxygen atoms in total. The first-order valence-electron chi connectivity index (χ1n) is 9.28. The highest BCUT2D eigenvalue weighted by Gasteiger charge is 2.43. The molecule has 0 bridgehead atoms. The minimum atomic E-state index is -3.37. The Morgan fingerprint density at radius 1 is 1.11 bits per heavy atom. The number of nitrogens with zero attached hydrogens (tertiary/aromatic N) is 3. The van der Waals surface area contributed by atoms with Crippen LogP contribution in [0.5, 0.6) is 5.75 Å². The van der Waals surface area contributed by atoms with Gasteiger partial charge in [0.2, 0.25) is 10.0 Å². The molecule has 1 fully saturated rings. The zero-order chi connectivity index (χ0) is 19.8. The lowest BCUT2D eigenvalue weighted by Gasteiger charge is -2.42. The normalized spacial score (nSPS) is 19.5. The average molecular weight is 401 g/mol. The van der Waals surface area contributed by atoms with Crippen LogP contribution in [0.15, 0.2) is 48.8 Å².